The number of aryl methyl sites for hydroxylation is 2. The molecule has 0 atom stereocenters. The van der Waals surface area contributed by atoms with Crippen molar-refractivity contribution in [3.63, 3.8) is 0 Å². The normalized spacial score (nSPS) is 11.2. The number of hydrazone groups is 1. The van der Waals surface area contributed by atoms with Gasteiger partial charge < -0.3 is 4.42 Å². The van der Waals surface area contributed by atoms with E-state index in [-0.39, 0.29) is 11.0 Å². The standard InChI is InChI=1S/C15H12N4O3S/c1-8-3-4-12-11(5-8)13(20)10(7-22-12)6-16-18-15(21)14-9(2)17-19-23-14/h3-7H,1-2H3,(H,18,21)/b16-6-. The lowest BCUT2D eigenvalue weighted by molar-refractivity contribution is 0.0958. The van der Waals surface area contributed by atoms with Gasteiger partial charge in [-0.05, 0) is 37.5 Å². The van der Waals surface area contributed by atoms with E-state index in [9.17, 15) is 9.59 Å². The second-order valence-electron chi connectivity index (χ2n) is 4.91. The van der Waals surface area contributed by atoms with Gasteiger partial charge in [0.05, 0.1) is 22.9 Å². The fraction of sp³-hybridized carbons (Fsp3) is 0.133. The quantitative estimate of drug-likeness (QED) is 0.586. The molecule has 23 heavy (non-hydrogen) atoms. The number of nitrogens with one attached hydrogen (secondary N) is 1. The summed E-state index contributed by atoms with van der Waals surface area (Å²) in [5, 5.41) is 8.02. The predicted octanol–water partition coefficient (Wildman–Crippen LogP) is 2.03. The van der Waals surface area contributed by atoms with Crippen LogP contribution in [0.3, 0.4) is 0 Å². The number of aromatic nitrogens is 2. The van der Waals surface area contributed by atoms with Crippen molar-refractivity contribution in [2.45, 2.75) is 13.8 Å². The Bertz CT molecular complexity index is 974. The van der Waals surface area contributed by atoms with Crippen LogP contribution < -0.4 is 10.9 Å². The fourth-order valence-corrected chi connectivity index (χ4v) is 2.55. The minimum atomic E-state index is -0.422. The average molecular weight is 328 g/mol. The number of rotatable bonds is 3. The third-order valence-electron chi connectivity index (χ3n) is 3.18. The molecule has 2 aromatic heterocycles. The van der Waals surface area contributed by atoms with Gasteiger partial charge >= 0.3 is 0 Å². The molecule has 3 rings (SSSR count). The first-order chi connectivity index (χ1) is 11.1. The molecule has 0 fully saturated rings. The zero-order chi connectivity index (χ0) is 16.4. The zero-order valence-electron chi connectivity index (χ0n) is 12.4. The Labute approximate surface area is 134 Å². The van der Waals surface area contributed by atoms with Gasteiger partial charge in [-0.3, -0.25) is 9.59 Å². The molecule has 3 aromatic rings. The van der Waals surface area contributed by atoms with Gasteiger partial charge in [-0.15, -0.1) is 5.10 Å². The first-order valence-electron chi connectivity index (χ1n) is 6.71. The molecule has 0 saturated carbocycles. The van der Waals surface area contributed by atoms with E-state index in [4.69, 9.17) is 4.42 Å². The SMILES string of the molecule is Cc1ccc2occ(/C=N\NC(=O)c3snnc3C)c(=O)c2c1. The summed E-state index contributed by atoms with van der Waals surface area (Å²) in [6, 6.07) is 5.36. The monoisotopic (exact) mass is 328 g/mol. The van der Waals surface area contributed by atoms with Crippen LogP contribution in [-0.4, -0.2) is 21.7 Å². The highest BCUT2D eigenvalue weighted by Gasteiger charge is 2.12. The number of fused-ring (bicyclic) bond motifs is 1. The molecule has 0 unspecified atom stereocenters. The lowest BCUT2D eigenvalue weighted by Gasteiger charge is -2.00. The topological polar surface area (TPSA) is 97.5 Å². The maximum absolute atomic E-state index is 12.4. The molecule has 7 nitrogen and oxygen atoms in total. The maximum Gasteiger partial charge on any atom is 0.285 e. The minimum absolute atomic E-state index is 0.205. The summed E-state index contributed by atoms with van der Waals surface area (Å²) in [7, 11) is 0. The fourth-order valence-electron chi connectivity index (χ4n) is 2.00. The highest BCUT2D eigenvalue weighted by molar-refractivity contribution is 7.07. The number of benzene rings is 1. The number of carbonyl (C=O) groups is 1. The second-order valence-corrected chi connectivity index (χ2v) is 5.66. The molecule has 0 radical (unpaired) electrons. The molecule has 116 valence electrons. The molecule has 0 bridgehead atoms. The van der Waals surface area contributed by atoms with Gasteiger partial charge in [-0.2, -0.15) is 5.10 Å². The van der Waals surface area contributed by atoms with E-state index in [1.54, 1.807) is 19.1 Å². The molecule has 1 N–H and O–H groups in total. The van der Waals surface area contributed by atoms with Gasteiger partial charge in [-0.25, -0.2) is 5.43 Å². The van der Waals surface area contributed by atoms with Crippen molar-refractivity contribution < 1.29 is 9.21 Å². The van der Waals surface area contributed by atoms with Gasteiger partial charge in [-0.1, -0.05) is 16.1 Å². The van der Waals surface area contributed by atoms with Crippen LogP contribution in [0.1, 0.15) is 26.5 Å². The van der Waals surface area contributed by atoms with Gasteiger partial charge in [0.15, 0.2) is 0 Å². The van der Waals surface area contributed by atoms with Crippen molar-refractivity contribution in [3.05, 3.63) is 56.4 Å². The van der Waals surface area contributed by atoms with Crippen molar-refractivity contribution in [1.82, 2.24) is 15.0 Å². The predicted molar refractivity (Wildman–Crippen MR) is 86.9 cm³/mol. The van der Waals surface area contributed by atoms with Crippen molar-refractivity contribution in [1.29, 1.82) is 0 Å². The summed E-state index contributed by atoms with van der Waals surface area (Å²) in [6.07, 6.45) is 2.57. The molecule has 8 heteroatoms. The molecule has 0 aliphatic rings. The summed E-state index contributed by atoms with van der Waals surface area (Å²) in [4.78, 5) is 24.6. The summed E-state index contributed by atoms with van der Waals surface area (Å²) < 4.78 is 9.09. The lowest BCUT2D eigenvalue weighted by atomic mass is 10.1. The molecule has 1 aromatic carbocycles. The summed E-state index contributed by atoms with van der Waals surface area (Å²) in [5.74, 6) is -0.422. The molecule has 0 aliphatic heterocycles. The van der Waals surface area contributed by atoms with E-state index in [0.29, 0.717) is 21.5 Å². The zero-order valence-corrected chi connectivity index (χ0v) is 13.2. The summed E-state index contributed by atoms with van der Waals surface area (Å²) in [6.45, 7) is 3.58. The van der Waals surface area contributed by atoms with Crippen LogP contribution in [0.5, 0.6) is 0 Å². The lowest BCUT2D eigenvalue weighted by Crippen LogP contribution is -2.18. The number of nitrogens with zero attached hydrogens (tertiary/aromatic N) is 3. The Balaban J connectivity index is 1.84. The van der Waals surface area contributed by atoms with Crippen LogP contribution in [0.4, 0.5) is 0 Å². The van der Waals surface area contributed by atoms with Gasteiger partial charge in [0.25, 0.3) is 5.91 Å². The summed E-state index contributed by atoms with van der Waals surface area (Å²) in [5.41, 5.74) is 4.39. The Morgan fingerprint density at radius 3 is 2.96 bits per heavy atom. The smallest absolute Gasteiger partial charge is 0.285 e. The molecular formula is C15H12N4O3S. The van der Waals surface area contributed by atoms with Gasteiger partial charge in [0, 0.05) is 0 Å². The maximum atomic E-state index is 12.4. The second kappa shape index (κ2) is 6.09. The number of hydrogen-bond donors (Lipinski definition) is 1. The number of hydrogen-bond acceptors (Lipinski definition) is 7. The third-order valence-corrected chi connectivity index (χ3v) is 4.01. The van der Waals surface area contributed by atoms with Crippen LogP contribution in [0.15, 0.2) is 38.8 Å². The van der Waals surface area contributed by atoms with E-state index in [0.717, 1.165) is 17.1 Å². The van der Waals surface area contributed by atoms with Gasteiger partial charge in [0.1, 0.15) is 16.7 Å². The van der Waals surface area contributed by atoms with E-state index < -0.39 is 5.91 Å². The van der Waals surface area contributed by atoms with Crippen molar-refractivity contribution in [2.24, 2.45) is 5.10 Å². The van der Waals surface area contributed by atoms with E-state index in [1.807, 2.05) is 13.0 Å². The Kier molecular flexibility index (Phi) is 3.98. The van der Waals surface area contributed by atoms with Crippen LogP contribution in [-0.2, 0) is 0 Å². The number of amides is 1. The van der Waals surface area contributed by atoms with Gasteiger partial charge in [0.2, 0.25) is 5.43 Å². The van der Waals surface area contributed by atoms with Crippen LogP contribution >= 0.6 is 11.5 Å². The van der Waals surface area contributed by atoms with Crippen molar-refractivity contribution in [2.75, 3.05) is 0 Å². The Morgan fingerprint density at radius 1 is 1.39 bits per heavy atom. The van der Waals surface area contributed by atoms with Crippen LogP contribution in [0.25, 0.3) is 11.0 Å². The molecule has 1 amide bonds. The molecule has 0 aliphatic carbocycles. The van der Waals surface area contributed by atoms with E-state index in [1.165, 1.54) is 12.5 Å². The average Bonchev–Trinajstić information content (AvgIpc) is 2.96. The first kappa shape index (κ1) is 15.0. The molecule has 2 heterocycles. The first-order valence-corrected chi connectivity index (χ1v) is 7.48. The Hall–Kier alpha value is -2.87. The minimum Gasteiger partial charge on any atom is -0.463 e. The van der Waals surface area contributed by atoms with Crippen molar-refractivity contribution in [3.8, 4) is 0 Å². The molecular weight excluding hydrogens is 316 g/mol. The highest BCUT2D eigenvalue weighted by atomic mass is 32.1. The third kappa shape index (κ3) is 3.02. The van der Waals surface area contributed by atoms with E-state index >= 15 is 0 Å². The van der Waals surface area contributed by atoms with Crippen molar-refractivity contribution >= 4 is 34.6 Å². The molecule has 0 spiro atoms. The van der Waals surface area contributed by atoms with Crippen LogP contribution in [0.2, 0.25) is 0 Å². The number of carbonyl (C=O) groups excluding carboxylic acids is 1. The summed E-state index contributed by atoms with van der Waals surface area (Å²) >= 11 is 0.983. The highest BCUT2D eigenvalue weighted by Crippen LogP contribution is 2.12. The molecule has 0 saturated heterocycles. The van der Waals surface area contributed by atoms with E-state index in [2.05, 4.69) is 20.1 Å². The Morgan fingerprint density at radius 2 is 2.22 bits per heavy atom. The van der Waals surface area contributed by atoms with Crippen LogP contribution in [0, 0.1) is 13.8 Å². The largest absolute Gasteiger partial charge is 0.463 e.